The van der Waals surface area contributed by atoms with E-state index in [2.05, 4.69) is 10.2 Å². The number of hydrogen-bond donors (Lipinski definition) is 0. The Hall–Kier alpha value is -1.09. The van der Waals surface area contributed by atoms with Crippen LogP contribution in [0, 0.1) is 0 Å². The highest BCUT2D eigenvalue weighted by Gasteiger charge is 2.28. The van der Waals surface area contributed by atoms with Crippen LogP contribution in [0.2, 0.25) is 0 Å². The minimum Gasteiger partial charge on any atom is -0.459 e. The molecule has 0 aliphatic rings. The fraction of sp³-hybridized carbons (Fsp3) is 0.727. The van der Waals surface area contributed by atoms with Gasteiger partial charge in [-0.3, -0.25) is 0 Å². The molecule has 114 valence electrons. The Morgan fingerprint density at radius 2 is 2.00 bits per heavy atom. The van der Waals surface area contributed by atoms with Crippen molar-refractivity contribution in [1.82, 2.24) is 10.2 Å². The van der Waals surface area contributed by atoms with Gasteiger partial charge >= 0.3 is 11.9 Å². The van der Waals surface area contributed by atoms with Crippen LogP contribution in [0.5, 0.6) is 0 Å². The summed E-state index contributed by atoms with van der Waals surface area (Å²) in [6.45, 7) is 6.84. The zero-order valence-corrected chi connectivity index (χ0v) is 13.5. The average Bonchev–Trinajstić information content (AvgIpc) is 2.76. The van der Waals surface area contributed by atoms with Crippen molar-refractivity contribution in [1.29, 1.82) is 0 Å². The first-order valence-corrected chi connectivity index (χ1v) is 8.67. The predicted molar refractivity (Wildman–Crippen MR) is 74.5 cm³/mol. The lowest BCUT2D eigenvalue weighted by Crippen LogP contribution is -2.31. The molecule has 0 fully saturated rings. The Bertz CT molecular complexity index is 560. The van der Waals surface area contributed by atoms with Crippen LogP contribution in [-0.2, 0) is 14.6 Å². The summed E-state index contributed by atoms with van der Waals surface area (Å²) in [6, 6.07) is 0. The molecule has 0 saturated carbocycles. The number of rotatable bonds is 6. The lowest BCUT2D eigenvalue weighted by Gasteiger charge is -2.18. The number of carbonyl (C=O) groups is 1. The summed E-state index contributed by atoms with van der Waals surface area (Å²) in [7, 11) is -3.19. The zero-order chi connectivity index (χ0) is 15.4. The summed E-state index contributed by atoms with van der Waals surface area (Å²) < 4.78 is 32.8. The monoisotopic (exact) mass is 322 g/mol. The van der Waals surface area contributed by atoms with E-state index in [1.54, 1.807) is 27.7 Å². The summed E-state index contributed by atoms with van der Waals surface area (Å²) in [4.78, 5) is 11.3. The lowest BCUT2D eigenvalue weighted by atomic mass is 10.3. The van der Waals surface area contributed by atoms with Gasteiger partial charge in [0.2, 0.25) is 0 Å². The molecule has 0 spiro atoms. The van der Waals surface area contributed by atoms with Gasteiger partial charge in [-0.2, -0.15) is 0 Å². The molecular formula is C11H18N2O5S2. The van der Waals surface area contributed by atoms with Gasteiger partial charge in [-0.15, -0.1) is 5.10 Å². The molecule has 0 saturated heterocycles. The number of aromatic nitrogens is 2. The van der Waals surface area contributed by atoms with E-state index in [1.807, 2.05) is 0 Å². The number of hydrogen-bond acceptors (Lipinski definition) is 8. The molecule has 20 heavy (non-hydrogen) atoms. The van der Waals surface area contributed by atoms with E-state index in [9.17, 15) is 13.2 Å². The number of esters is 1. The molecule has 1 aromatic heterocycles. The van der Waals surface area contributed by atoms with E-state index < -0.39 is 20.6 Å². The van der Waals surface area contributed by atoms with E-state index >= 15 is 0 Å². The lowest BCUT2D eigenvalue weighted by molar-refractivity contribution is 0.0475. The fourth-order valence-electron chi connectivity index (χ4n) is 1.09. The molecule has 9 heteroatoms. The van der Waals surface area contributed by atoms with E-state index in [1.165, 1.54) is 0 Å². The van der Waals surface area contributed by atoms with Gasteiger partial charge in [0, 0.05) is 5.75 Å². The van der Waals surface area contributed by atoms with Crippen molar-refractivity contribution in [3.63, 3.8) is 0 Å². The first kappa shape index (κ1) is 17.0. The second kappa shape index (κ2) is 6.57. The highest BCUT2D eigenvalue weighted by molar-refractivity contribution is 8.00. The summed E-state index contributed by atoms with van der Waals surface area (Å²) in [5.41, 5.74) is 0. The van der Waals surface area contributed by atoms with Crippen LogP contribution in [-0.4, -0.2) is 47.4 Å². The van der Waals surface area contributed by atoms with Crippen molar-refractivity contribution >= 4 is 27.6 Å². The van der Waals surface area contributed by atoms with Crippen LogP contribution in [0.1, 0.15) is 38.4 Å². The van der Waals surface area contributed by atoms with Crippen LogP contribution in [0.3, 0.4) is 0 Å². The van der Waals surface area contributed by atoms with Gasteiger partial charge in [-0.05, 0) is 27.7 Å². The number of ether oxygens (including phenoxy) is 1. The maximum atomic E-state index is 11.9. The summed E-state index contributed by atoms with van der Waals surface area (Å²) in [6.07, 6.45) is 0. The standard InChI is InChI=1S/C11H18N2O5S2/c1-5-17-9(14)8-12-13-10(18-8)19-6-7-20(15,16)11(2,3)4/h5-7H2,1-4H3. The van der Waals surface area contributed by atoms with E-state index in [0.717, 1.165) is 11.8 Å². The predicted octanol–water partition coefficient (Wildman–Crippen LogP) is 1.55. The second-order valence-corrected chi connectivity index (χ2v) is 8.78. The van der Waals surface area contributed by atoms with Gasteiger partial charge in [0.15, 0.2) is 9.84 Å². The molecule has 7 nitrogen and oxygen atoms in total. The highest BCUT2D eigenvalue weighted by atomic mass is 32.2. The molecule has 0 aromatic carbocycles. The van der Waals surface area contributed by atoms with E-state index in [4.69, 9.17) is 9.15 Å². The van der Waals surface area contributed by atoms with Crippen LogP contribution in [0.15, 0.2) is 9.64 Å². The highest BCUT2D eigenvalue weighted by Crippen LogP contribution is 2.21. The van der Waals surface area contributed by atoms with Crippen molar-refractivity contribution < 1.29 is 22.4 Å². The molecule has 0 N–H and O–H groups in total. The Kier molecular flexibility index (Phi) is 5.58. The minimum absolute atomic E-state index is 0.00170. The summed E-state index contributed by atoms with van der Waals surface area (Å²) in [5, 5.41) is 7.34. The number of sulfone groups is 1. The van der Waals surface area contributed by atoms with Gasteiger partial charge < -0.3 is 9.15 Å². The van der Waals surface area contributed by atoms with Gasteiger partial charge in [-0.1, -0.05) is 16.9 Å². The van der Waals surface area contributed by atoms with Gasteiger partial charge in [0.1, 0.15) is 0 Å². The first-order chi connectivity index (χ1) is 9.17. The normalized spacial score (nSPS) is 12.4. The number of thioether (sulfide) groups is 1. The van der Waals surface area contributed by atoms with E-state index in [-0.39, 0.29) is 29.2 Å². The largest absolute Gasteiger partial charge is 0.459 e. The third-order valence-corrected chi connectivity index (χ3v) is 6.05. The number of carbonyl (C=O) groups excluding carboxylic acids is 1. The van der Waals surface area contributed by atoms with Crippen molar-refractivity contribution in [2.45, 2.75) is 37.7 Å². The average molecular weight is 322 g/mol. The third-order valence-electron chi connectivity index (χ3n) is 2.37. The molecule has 0 amide bonds. The molecule has 0 bridgehead atoms. The first-order valence-electron chi connectivity index (χ1n) is 6.03. The van der Waals surface area contributed by atoms with Gasteiger partial charge in [0.25, 0.3) is 5.22 Å². The molecular weight excluding hydrogens is 304 g/mol. The maximum absolute atomic E-state index is 11.9. The Labute approximate surface area is 122 Å². The van der Waals surface area contributed by atoms with Crippen molar-refractivity contribution in [3.05, 3.63) is 5.89 Å². The van der Waals surface area contributed by atoms with Gasteiger partial charge in [-0.25, -0.2) is 13.2 Å². The van der Waals surface area contributed by atoms with Crippen LogP contribution >= 0.6 is 11.8 Å². The topological polar surface area (TPSA) is 99.4 Å². The van der Waals surface area contributed by atoms with E-state index in [0.29, 0.717) is 0 Å². The third kappa shape index (κ3) is 4.48. The zero-order valence-electron chi connectivity index (χ0n) is 11.9. The minimum atomic E-state index is -3.19. The molecule has 1 heterocycles. The van der Waals surface area contributed by atoms with Crippen LogP contribution < -0.4 is 0 Å². The van der Waals surface area contributed by atoms with Crippen LogP contribution in [0.4, 0.5) is 0 Å². The van der Waals surface area contributed by atoms with Crippen molar-refractivity contribution in [2.24, 2.45) is 0 Å². The van der Waals surface area contributed by atoms with Gasteiger partial charge in [0.05, 0.1) is 17.1 Å². The summed E-state index contributed by atoms with van der Waals surface area (Å²) >= 11 is 1.09. The quantitative estimate of drug-likeness (QED) is 0.574. The maximum Gasteiger partial charge on any atom is 0.396 e. The molecule has 0 aliphatic heterocycles. The molecule has 0 radical (unpaired) electrons. The van der Waals surface area contributed by atoms with Crippen molar-refractivity contribution in [3.8, 4) is 0 Å². The Balaban J connectivity index is 2.54. The molecule has 1 aromatic rings. The Morgan fingerprint density at radius 1 is 1.35 bits per heavy atom. The molecule has 1 rings (SSSR count). The SMILES string of the molecule is CCOC(=O)c1nnc(SCCS(=O)(=O)C(C)(C)C)o1. The van der Waals surface area contributed by atoms with Crippen LogP contribution in [0.25, 0.3) is 0 Å². The molecule has 0 atom stereocenters. The van der Waals surface area contributed by atoms with Crippen molar-refractivity contribution in [2.75, 3.05) is 18.1 Å². The molecule has 0 aliphatic carbocycles. The fourth-order valence-corrected chi connectivity index (χ4v) is 3.32. The second-order valence-electron chi connectivity index (χ2n) is 4.87. The summed E-state index contributed by atoms with van der Waals surface area (Å²) in [5.74, 6) is -0.635. The number of nitrogens with zero attached hydrogens (tertiary/aromatic N) is 2. The smallest absolute Gasteiger partial charge is 0.396 e. The Morgan fingerprint density at radius 3 is 2.55 bits per heavy atom. The molecule has 0 unspecified atom stereocenters.